The summed E-state index contributed by atoms with van der Waals surface area (Å²) in [6, 6.07) is 6.97. The maximum absolute atomic E-state index is 12.9. The zero-order chi connectivity index (χ0) is 19.0. The molecule has 2 heterocycles. The fourth-order valence-corrected chi connectivity index (χ4v) is 3.75. The van der Waals surface area contributed by atoms with Crippen molar-refractivity contribution in [3.63, 3.8) is 0 Å². The van der Waals surface area contributed by atoms with Crippen LogP contribution in [0.2, 0.25) is 0 Å². The van der Waals surface area contributed by atoms with E-state index in [1.54, 1.807) is 24.3 Å². The van der Waals surface area contributed by atoms with Crippen LogP contribution in [0.1, 0.15) is 47.6 Å². The lowest BCUT2D eigenvalue weighted by atomic mass is 9.82. The van der Waals surface area contributed by atoms with Gasteiger partial charge in [-0.3, -0.25) is 4.79 Å². The number of amides is 1. The predicted molar refractivity (Wildman–Crippen MR) is 95.5 cm³/mol. The molecule has 1 aliphatic heterocycles. The molecule has 0 spiro atoms. The largest absolute Gasteiger partial charge is 0.482 e. The Balaban J connectivity index is 1.44. The third-order valence-corrected chi connectivity index (χ3v) is 5.28. The molecule has 2 aromatic rings. The van der Waals surface area contributed by atoms with E-state index < -0.39 is 12.6 Å². The second-order valence-corrected chi connectivity index (χ2v) is 7.34. The van der Waals surface area contributed by atoms with Crippen molar-refractivity contribution in [2.45, 2.75) is 38.8 Å². The fourth-order valence-electron chi connectivity index (χ4n) is 3.75. The van der Waals surface area contributed by atoms with Crippen LogP contribution >= 0.6 is 0 Å². The lowest BCUT2D eigenvalue weighted by molar-refractivity contribution is -0.139. The van der Waals surface area contributed by atoms with Crippen LogP contribution in [0.5, 0.6) is 5.75 Å². The molecular formula is C19H22N4O4. The summed E-state index contributed by atoms with van der Waals surface area (Å²) in [5.41, 5.74) is 2.60. The number of fused-ring (bicyclic) bond motifs is 1. The smallest absolute Gasteiger partial charge is 0.341 e. The first-order valence-corrected chi connectivity index (χ1v) is 9.18. The molecule has 2 aliphatic rings. The minimum Gasteiger partial charge on any atom is -0.482 e. The van der Waals surface area contributed by atoms with Crippen molar-refractivity contribution < 1.29 is 19.4 Å². The van der Waals surface area contributed by atoms with E-state index in [0.717, 1.165) is 30.1 Å². The molecule has 8 heteroatoms. The molecule has 1 fully saturated rings. The van der Waals surface area contributed by atoms with Crippen molar-refractivity contribution in [1.82, 2.24) is 19.9 Å². The molecular weight excluding hydrogens is 348 g/mol. The van der Waals surface area contributed by atoms with Crippen LogP contribution in [0.4, 0.5) is 0 Å². The molecule has 1 N–H and O–H groups in total. The number of carbonyl (C=O) groups is 2. The lowest BCUT2D eigenvalue weighted by Gasteiger charge is -2.35. The number of nitrogens with zero attached hydrogens (tertiary/aromatic N) is 4. The van der Waals surface area contributed by atoms with Gasteiger partial charge in [0.05, 0.1) is 24.0 Å². The van der Waals surface area contributed by atoms with Gasteiger partial charge >= 0.3 is 5.97 Å². The van der Waals surface area contributed by atoms with E-state index in [9.17, 15) is 9.59 Å². The average Bonchev–Trinajstić information content (AvgIpc) is 3.06. The highest BCUT2D eigenvalue weighted by atomic mass is 16.5. The van der Waals surface area contributed by atoms with E-state index in [0.29, 0.717) is 36.9 Å². The summed E-state index contributed by atoms with van der Waals surface area (Å²) in [7, 11) is 0. The maximum atomic E-state index is 12.9. The highest BCUT2D eigenvalue weighted by Gasteiger charge is 2.33. The first-order valence-electron chi connectivity index (χ1n) is 9.18. The zero-order valence-corrected chi connectivity index (χ0v) is 15.2. The Morgan fingerprint density at radius 3 is 2.67 bits per heavy atom. The van der Waals surface area contributed by atoms with Crippen molar-refractivity contribution in [1.29, 1.82) is 0 Å². The lowest BCUT2D eigenvalue weighted by Crippen LogP contribution is -2.38. The van der Waals surface area contributed by atoms with Gasteiger partial charge in [0.25, 0.3) is 5.91 Å². The molecule has 1 saturated carbocycles. The summed E-state index contributed by atoms with van der Waals surface area (Å²) in [4.78, 5) is 25.2. The number of aromatic nitrogens is 3. The number of rotatable bonds is 5. The maximum Gasteiger partial charge on any atom is 0.341 e. The average molecular weight is 370 g/mol. The number of aliphatic carboxylic acids is 1. The predicted octanol–water partition coefficient (Wildman–Crippen LogP) is 1.91. The molecule has 0 bridgehead atoms. The summed E-state index contributed by atoms with van der Waals surface area (Å²) in [6.07, 6.45) is 2.94. The fraction of sp³-hybridized carbons (Fsp3) is 0.474. The van der Waals surface area contributed by atoms with Gasteiger partial charge < -0.3 is 14.7 Å². The highest BCUT2D eigenvalue weighted by Crippen LogP contribution is 2.38. The number of hydrogen-bond donors (Lipinski definition) is 1. The van der Waals surface area contributed by atoms with Gasteiger partial charge in [-0.15, -0.1) is 5.10 Å². The van der Waals surface area contributed by atoms with E-state index in [1.165, 1.54) is 0 Å². The van der Waals surface area contributed by atoms with E-state index in [2.05, 4.69) is 17.2 Å². The van der Waals surface area contributed by atoms with Gasteiger partial charge in [0.1, 0.15) is 5.75 Å². The number of benzene rings is 1. The van der Waals surface area contributed by atoms with E-state index >= 15 is 0 Å². The van der Waals surface area contributed by atoms with Gasteiger partial charge in [0, 0.05) is 18.5 Å². The summed E-state index contributed by atoms with van der Waals surface area (Å²) >= 11 is 0. The Morgan fingerprint density at radius 1 is 1.26 bits per heavy atom. The molecule has 1 aromatic heterocycles. The molecule has 0 radical (unpaired) electrons. The summed E-state index contributed by atoms with van der Waals surface area (Å²) in [5.74, 6) is 0.0554. The van der Waals surface area contributed by atoms with E-state index in [1.807, 2.05) is 9.58 Å². The number of hydrogen-bond acceptors (Lipinski definition) is 5. The molecule has 1 aliphatic carbocycles. The molecule has 4 rings (SSSR count). The van der Waals surface area contributed by atoms with Crippen LogP contribution in [-0.2, 0) is 17.8 Å². The van der Waals surface area contributed by atoms with Crippen LogP contribution < -0.4 is 4.74 Å². The standard InChI is InChI=1S/C19H22N4O4/c1-12-8-14(9-12)23-17-10-22(7-6-16(17)20-21-23)19(26)13-2-4-15(5-3-13)27-11-18(24)25/h2-5,12,14H,6-11H2,1H3,(H,24,25). The molecule has 0 saturated heterocycles. The Kier molecular flexibility index (Phi) is 4.55. The quantitative estimate of drug-likeness (QED) is 0.863. The molecule has 8 nitrogen and oxygen atoms in total. The first-order chi connectivity index (χ1) is 13.0. The van der Waals surface area contributed by atoms with Gasteiger partial charge in [-0.25, -0.2) is 9.48 Å². The van der Waals surface area contributed by atoms with Gasteiger partial charge in [-0.1, -0.05) is 12.1 Å². The van der Waals surface area contributed by atoms with Crippen molar-refractivity contribution in [3.05, 3.63) is 41.2 Å². The van der Waals surface area contributed by atoms with Gasteiger partial charge in [0.15, 0.2) is 6.61 Å². The van der Waals surface area contributed by atoms with Crippen LogP contribution in [0.25, 0.3) is 0 Å². The Hall–Kier alpha value is -2.90. The summed E-state index contributed by atoms with van der Waals surface area (Å²) in [5, 5.41) is 17.3. The third-order valence-electron chi connectivity index (χ3n) is 5.28. The van der Waals surface area contributed by atoms with Gasteiger partial charge in [0.2, 0.25) is 0 Å². The van der Waals surface area contributed by atoms with Crippen LogP contribution in [0.3, 0.4) is 0 Å². The normalized spacial score (nSPS) is 21.3. The highest BCUT2D eigenvalue weighted by molar-refractivity contribution is 5.94. The van der Waals surface area contributed by atoms with E-state index in [4.69, 9.17) is 9.84 Å². The first kappa shape index (κ1) is 17.5. The van der Waals surface area contributed by atoms with Gasteiger partial charge in [-0.2, -0.15) is 0 Å². The second kappa shape index (κ2) is 7.02. The number of ether oxygens (including phenoxy) is 1. The van der Waals surface area contributed by atoms with E-state index in [-0.39, 0.29) is 5.91 Å². The molecule has 0 unspecified atom stereocenters. The SMILES string of the molecule is CC1CC(n2nnc3c2CN(C(=O)c2ccc(OCC(=O)O)cc2)CC3)C1. The van der Waals surface area contributed by atoms with Crippen LogP contribution in [-0.4, -0.2) is 50.0 Å². The van der Waals surface area contributed by atoms with Crippen LogP contribution in [0.15, 0.2) is 24.3 Å². The molecule has 27 heavy (non-hydrogen) atoms. The zero-order valence-electron chi connectivity index (χ0n) is 15.2. The molecule has 1 aromatic carbocycles. The van der Waals surface area contributed by atoms with Crippen molar-refractivity contribution in [2.75, 3.05) is 13.2 Å². The summed E-state index contributed by atoms with van der Waals surface area (Å²) in [6.45, 7) is 2.96. The van der Waals surface area contributed by atoms with Crippen LogP contribution in [0, 0.1) is 5.92 Å². The number of carboxylic acids is 1. The minimum atomic E-state index is -1.04. The van der Waals surface area contributed by atoms with Crippen molar-refractivity contribution in [2.24, 2.45) is 5.92 Å². The minimum absolute atomic E-state index is 0.0554. The Labute approximate surface area is 156 Å². The Bertz CT molecular complexity index is 855. The number of carboxylic acid groups (broad SMARTS) is 1. The third kappa shape index (κ3) is 3.51. The monoisotopic (exact) mass is 370 g/mol. The van der Waals surface area contributed by atoms with Crippen molar-refractivity contribution >= 4 is 11.9 Å². The van der Waals surface area contributed by atoms with Crippen molar-refractivity contribution in [3.8, 4) is 5.75 Å². The molecule has 0 atom stereocenters. The topological polar surface area (TPSA) is 97.5 Å². The van der Waals surface area contributed by atoms with Gasteiger partial charge in [-0.05, 0) is 43.0 Å². The number of carbonyl (C=O) groups excluding carboxylic acids is 1. The second-order valence-electron chi connectivity index (χ2n) is 7.34. The molecule has 1 amide bonds. The molecule has 142 valence electrons. The Morgan fingerprint density at radius 2 is 2.00 bits per heavy atom. The summed E-state index contributed by atoms with van der Waals surface area (Å²) < 4.78 is 7.12.